The van der Waals surface area contributed by atoms with Crippen LogP contribution in [0, 0.1) is 0 Å². The molecule has 2 aromatic heterocycles. The maximum Gasteiger partial charge on any atom is 0.337 e. The number of hydrogen-bond acceptors (Lipinski definition) is 7. The Morgan fingerprint density at radius 1 is 1.00 bits per heavy atom. The second kappa shape index (κ2) is 10.1. The minimum Gasteiger partial charge on any atom is -0.466 e. The predicted octanol–water partition coefficient (Wildman–Crippen LogP) is 5.06. The van der Waals surface area contributed by atoms with E-state index in [4.69, 9.17) is 38.7 Å². The van der Waals surface area contributed by atoms with Gasteiger partial charge < -0.3 is 10.5 Å². The van der Waals surface area contributed by atoms with Crippen LogP contribution in [-0.2, 0) is 9.53 Å². The van der Waals surface area contributed by atoms with Gasteiger partial charge in [0.15, 0.2) is 0 Å². The SMILES string of the molecule is COC(=O)C1=c2s/c(=C\c3ccc(Cl)cc3)c(=O)n2C(N)=C(c2nc3ccccc3s2)[C@H]1c1ccc(Cl)cc1. The summed E-state index contributed by atoms with van der Waals surface area (Å²) in [7, 11) is 1.32. The monoisotopic (exact) mass is 591 g/mol. The van der Waals surface area contributed by atoms with Crippen LogP contribution in [0.5, 0.6) is 0 Å². The van der Waals surface area contributed by atoms with Gasteiger partial charge in [-0.05, 0) is 53.6 Å². The zero-order chi connectivity index (χ0) is 27.3. The van der Waals surface area contributed by atoms with E-state index in [1.54, 1.807) is 30.3 Å². The van der Waals surface area contributed by atoms with Gasteiger partial charge in [0.2, 0.25) is 0 Å². The number of ether oxygens (including phenoxy) is 1. The summed E-state index contributed by atoms with van der Waals surface area (Å²) in [5.41, 5.74) is 9.72. The molecule has 3 heterocycles. The molecular weight excluding hydrogens is 573 g/mol. The number of nitrogens with zero attached hydrogens (tertiary/aromatic N) is 2. The zero-order valence-corrected chi connectivity index (χ0v) is 23.5. The van der Waals surface area contributed by atoms with Crippen molar-refractivity contribution in [1.82, 2.24) is 9.55 Å². The maximum atomic E-state index is 13.8. The smallest absolute Gasteiger partial charge is 0.337 e. The molecule has 0 fully saturated rings. The molecule has 194 valence electrons. The van der Waals surface area contributed by atoms with E-state index in [1.807, 2.05) is 48.5 Å². The Hall–Kier alpha value is -3.69. The van der Waals surface area contributed by atoms with E-state index >= 15 is 0 Å². The van der Waals surface area contributed by atoms with Crippen LogP contribution >= 0.6 is 45.9 Å². The minimum absolute atomic E-state index is 0.216. The zero-order valence-electron chi connectivity index (χ0n) is 20.4. The standard InChI is InChI=1S/C29H19Cl2N3O3S2/c1-37-29(36)24-22(16-8-12-18(31)13-9-16)23(26-33-19-4-2-3-5-20(19)38-26)25(32)34-27(35)21(39-28(24)34)14-15-6-10-17(30)11-7-15/h2-14,22H,32H2,1H3/b21-14-/t22-/m1/s1. The third kappa shape index (κ3) is 4.49. The van der Waals surface area contributed by atoms with E-state index in [9.17, 15) is 9.59 Å². The van der Waals surface area contributed by atoms with Gasteiger partial charge in [-0.25, -0.2) is 9.78 Å². The van der Waals surface area contributed by atoms with Gasteiger partial charge in [-0.1, -0.05) is 59.6 Å². The van der Waals surface area contributed by atoms with Crippen molar-refractivity contribution in [1.29, 1.82) is 0 Å². The molecule has 0 unspecified atom stereocenters. The molecule has 0 saturated heterocycles. The quantitative estimate of drug-likeness (QED) is 0.295. The van der Waals surface area contributed by atoms with Crippen LogP contribution in [0.25, 0.3) is 33.3 Å². The molecule has 0 radical (unpaired) electrons. The van der Waals surface area contributed by atoms with Crippen molar-refractivity contribution < 1.29 is 9.53 Å². The minimum atomic E-state index is -0.642. The summed E-state index contributed by atoms with van der Waals surface area (Å²) in [4.78, 5) is 32.1. The maximum absolute atomic E-state index is 13.8. The van der Waals surface area contributed by atoms with E-state index in [0.717, 1.165) is 21.3 Å². The number of fused-ring (bicyclic) bond motifs is 2. The number of thiazole rings is 2. The topological polar surface area (TPSA) is 87.2 Å². The molecule has 0 amide bonds. The van der Waals surface area contributed by atoms with Crippen molar-refractivity contribution in [2.75, 3.05) is 7.11 Å². The van der Waals surface area contributed by atoms with Crippen LogP contribution in [-0.4, -0.2) is 22.6 Å². The van der Waals surface area contributed by atoms with Crippen LogP contribution in [0.2, 0.25) is 10.0 Å². The first kappa shape index (κ1) is 25.6. The molecule has 0 saturated carbocycles. The van der Waals surface area contributed by atoms with Gasteiger partial charge in [-0.3, -0.25) is 9.36 Å². The number of para-hydroxylation sites is 1. The third-order valence-corrected chi connectivity index (χ3v) is 9.13. The number of nitrogens with two attached hydrogens (primary N) is 1. The van der Waals surface area contributed by atoms with E-state index in [2.05, 4.69) is 0 Å². The van der Waals surface area contributed by atoms with Gasteiger partial charge in [0.25, 0.3) is 5.56 Å². The highest BCUT2D eigenvalue weighted by molar-refractivity contribution is 7.19. The number of carbonyl (C=O) groups is 1. The number of aromatic nitrogens is 2. The molecule has 3 aromatic carbocycles. The first-order valence-corrected chi connectivity index (χ1v) is 14.2. The van der Waals surface area contributed by atoms with Crippen LogP contribution in [0.4, 0.5) is 0 Å². The summed E-state index contributed by atoms with van der Waals surface area (Å²) in [5.74, 6) is -0.987. The van der Waals surface area contributed by atoms with Crippen molar-refractivity contribution >= 4 is 85.1 Å². The number of hydrogen-bond donors (Lipinski definition) is 1. The fourth-order valence-corrected chi connectivity index (χ4v) is 7.12. The number of halogens is 2. The molecule has 6 nitrogen and oxygen atoms in total. The lowest BCUT2D eigenvalue weighted by Gasteiger charge is -2.27. The van der Waals surface area contributed by atoms with Crippen molar-refractivity contribution in [3.8, 4) is 0 Å². The van der Waals surface area contributed by atoms with Gasteiger partial charge in [0.05, 0.1) is 33.3 Å². The number of allylic oxidation sites excluding steroid dienone is 1. The fraction of sp³-hybridized carbons (Fsp3) is 0.0690. The van der Waals surface area contributed by atoms with Gasteiger partial charge in [-0.2, -0.15) is 0 Å². The molecule has 6 rings (SSSR count). The lowest BCUT2D eigenvalue weighted by atomic mass is 9.83. The van der Waals surface area contributed by atoms with Crippen LogP contribution < -0.4 is 20.5 Å². The van der Waals surface area contributed by atoms with Crippen molar-refractivity contribution in [2.45, 2.75) is 5.92 Å². The van der Waals surface area contributed by atoms with Crippen LogP contribution in [0.15, 0.2) is 77.6 Å². The Balaban J connectivity index is 1.71. The van der Waals surface area contributed by atoms with Gasteiger partial charge in [0.1, 0.15) is 15.5 Å². The molecule has 0 spiro atoms. The Morgan fingerprint density at radius 2 is 1.67 bits per heavy atom. The number of benzene rings is 3. The number of esters is 1. The highest BCUT2D eigenvalue weighted by Gasteiger charge is 2.38. The summed E-state index contributed by atoms with van der Waals surface area (Å²) >= 11 is 14.9. The van der Waals surface area contributed by atoms with E-state index in [0.29, 0.717) is 35.4 Å². The van der Waals surface area contributed by atoms with Crippen LogP contribution in [0.1, 0.15) is 22.1 Å². The average Bonchev–Trinajstić information content (AvgIpc) is 3.51. The molecule has 10 heteroatoms. The van der Waals surface area contributed by atoms with E-state index in [1.165, 1.54) is 34.4 Å². The molecule has 2 N–H and O–H groups in total. The van der Waals surface area contributed by atoms with Crippen molar-refractivity contribution in [3.05, 3.63) is 119 Å². The molecule has 0 bridgehead atoms. The highest BCUT2D eigenvalue weighted by Crippen LogP contribution is 2.44. The Morgan fingerprint density at radius 3 is 2.33 bits per heavy atom. The third-order valence-electron chi connectivity index (χ3n) is 6.45. The first-order chi connectivity index (χ1) is 18.9. The van der Waals surface area contributed by atoms with Crippen molar-refractivity contribution in [2.24, 2.45) is 5.73 Å². The summed E-state index contributed by atoms with van der Waals surface area (Å²) in [6.07, 6.45) is 1.76. The molecule has 0 aliphatic carbocycles. The van der Waals surface area contributed by atoms with Gasteiger partial charge in [0, 0.05) is 15.6 Å². The summed E-state index contributed by atoms with van der Waals surface area (Å²) in [6, 6.07) is 22.1. The lowest BCUT2D eigenvalue weighted by molar-refractivity contribution is -0.134. The first-order valence-electron chi connectivity index (χ1n) is 11.8. The van der Waals surface area contributed by atoms with Gasteiger partial charge in [-0.15, -0.1) is 22.7 Å². The Kier molecular flexibility index (Phi) is 6.64. The molecule has 1 aliphatic rings. The molecule has 39 heavy (non-hydrogen) atoms. The summed E-state index contributed by atoms with van der Waals surface area (Å²) in [5, 5.41) is 1.76. The Labute approximate surface area is 240 Å². The number of carbonyl (C=O) groups excluding carboxylic acids is 1. The second-order valence-corrected chi connectivity index (χ2v) is 11.7. The van der Waals surface area contributed by atoms with E-state index in [-0.39, 0.29) is 11.4 Å². The van der Waals surface area contributed by atoms with Gasteiger partial charge >= 0.3 is 5.97 Å². The summed E-state index contributed by atoms with van der Waals surface area (Å²) in [6.45, 7) is 0. The lowest BCUT2D eigenvalue weighted by Crippen LogP contribution is -2.39. The second-order valence-electron chi connectivity index (χ2n) is 8.78. The van der Waals surface area contributed by atoms with Crippen LogP contribution in [0.3, 0.4) is 0 Å². The largest absolute Gasteiger partial charge is 0.466 e. The molecule has 5 aromatic rings. The predicted molar refractivity (Wildman–Crippen MR) is 159 cm³/mol. The molecule has 1 aliphatic heterocycles. The average molecular weight is 593 g/mol. The molecular formula is C29H19Cl2N3O3S2. The Bertz CT molecular complexity index is 1940. The normalized spacial score (nSPS) is 15.6. The number of rotatable bonds is 4. The van der Waals surface area contributed by atoms with Crippen molar-refractivity contribution in [3.63, 3.8) is 0 Å². The summed E-state index contributed by atoms with van der Waals surface area (Å²) < 4.78 is 8.45. The molecule has 1 atom stereocenters. The fourth-order valence-electron chi connectivity index (χ4n) is 4.65. The highest BCUT2D eigenvalue weighted by atomic mass is 35.5. The van der Waals surface area contributed by atoms with E-state index < -0.39 is 11.9 Å². The number of methoxy groups -OCH3 is 1.